The van der Waals surface area contributed by atoms with Gasteiger partial charge in [-0.25, -0.2) is 0 Å². The number of halogens is 1. The first-order valence-electron chi connectivity index (χ1n) is 8.28. The topological polar surface area (TPSA) is 32.3 Å². The average molecular weight is 301 g/mol. The molecule has 0 radical (unpaired) electrons. The first kappa shape index (κ1) is 16.1. The smallest absolute Gasteiger partial charge is 0.226 e. The molecule has 0 bridgehead atoms. The summed E-state index contributed by atoms with van der Waals surface area (Å²) in [6, 6.07) is 0.572. The molecule has 3 aliphatic rings. The quantitative estimate of drug-likeness (QED) is 0.869. The van der Waals surface area contributed by atoms with Gasteiger partial charge < -0.3 is 10.2 Å². The van der Waals surface area contributed by atoms with Crippen molar-refractivity contribution in [1.29, 1.82) is 0 Å². The maximum Gasteiger partial charge on any atom is 0.226 e. The largest absolute Gasteiger partial charge is 0.339 e. The molecule has 2 unspecified atom stereocenters. The number of amides is 1. The van der Waals surface area contributed by atoms with Gasteiger partial charge in [0.2, 0.25) is 5.91 Å². The molecule has 2 atom stereocenters. The summed E-state index contributed by atoms with van der Waals surface area (Å²) in [5, 5.41) is 3.29. The molecule has 116 valence electrons. The zero-order valence-electron chi connectivity index (χ0n) is 12.6. The van der Waals surface area contributed by atoms with Crippen LogP contribution < -0.4 is 5.32 Å². The van der Waals surface area contributed by atoms with Gasteiger partial charge in [0.25, 0.3) is 0 Å². The molecule has 0 aromatic rings. The van der Waals surface area contributed by atoms with E-state index in [2.05, 4.69) is 17.1 Å². The van der Waals surface area contributed by atoms with Gasteiger partial charge in [-0.05, 0) is 50.6 Å². The van der Waals surface area contributed by atoms with Crippen molar-refractivity contribution >= 4 is 18.3 Å². The van der Waals surface area contributed by atoms with Gasteiger partial charge in [-0.3, -0.25) is 4.79 Å². The van der Waals surface area contributed by atoms with Crippen LogP contribution in [0.4, 0.5) is 0 Å². The summed E-state index contributed by atoms with van der Waals surface area (Å²) in [6.45, 7) is 5.23. The fourth-order valence-corrected chi connectivity index (χ4v) is 4.20. The fraction of sp³-hybridized carbons (Fsp3) is 0.938. The highest BCUT2D eigenvalue weighted by atomic mass is 35.5. The molecule has 3 nitrogen and oxygen atoms in total. The minimum atomic E-state index is 0. The fourth-order valence-electron chi connectivity index (χ4n) is 4.20. The Hall–Kier alpha value is -0.280. The lowest BCUT2D eigenvalue weighted by Crippen LogP contribution is -2.52. The Bertz CT molecular complexity index is 326. The highest BCUT2D eigenvalue weighted by Gasteiger charge is 2.39. The van der Waals surface area contributed by atoms with E-state index in [1.807, 2.05) is 0 Å². The van der Waals surface area contributed by atoms with Gasteiger partial charge in [-0.2, -0.15) is 0 Å². The number of carbonyl (C=O) groups is 1. The molecule has 2 heterocycles. The highest BCUT2D eigenvalue weighted by Crippen LogP contribution is 2.35. The second kappa shape index (κ2) is 7.13. The molecule has 3 rings (SSSR count). The summed E-state index contributed by atoms with van der Waals surface area (Å²) >= 11 is 0. The van der Waals surface area contributed by atoms with Crippen LogP contribution in [0.3, 0.4) is 0 Å². The molecule has 2 aliphatic heterocycles. The van der Waals surface area contributed by atoms with Crippen LogP contribution in [-0.2, 0) is 4.79 Å². The summed E-state index contributed by atoms with van der Waals surface area (Å²) in [6.07, 6.45) is 9.36. The van der Waals surface area contributed by atoms with E-state index in [-0.39, 0.29) is 18.3 Å². The van der Waals surface area contributed by atoms with Crippen molar-refractivity contribution in [1.82, 2.24) is 10.2 Å². The van der Waals surface area contributed by atoms with E-state index < -0.39 is 0 Å². The van der Waals surface area contributed by atoms with Crippen molar-refractivity contribution in [3.05, 3.63) is 0 Å². The van der Waals surface area contributed by atoms with Crippen molar-refractivity contribution in [2.45, 2.75) is 57.9 Å². The Morgan fingerprint density at radius 3 is 2.40 bits per heavy atom. The van der Waals surface area contributed by atoms with E-state index in [4.69, 9.17) is 0 Å². The van der Waals surface area contributed by atoms with Crippen molar-refractivity contribution in [3.8, 4) is 0 Å². The van der Waals surface area contributed by atoms with Gasteiger partial charge >= 0.3 is 0 Å². The monoisotopic (exact) mass is 300 g/mol. The second-order valence-electron chi connectivity index (χ2n) is 6.85. The van der Waals surface area contributed by atoms with Gasteiger partial charge in [0.1, 0.15) is 0 Å². The van der Waals surface area contributed by atoms with Gasteiger partial charge in [0.05, 0.1) is 0 Å². The number of rotatable bonds is 3. The molecule has 4 heteroatoms. The summed E-state index contributed by atoms with van der Waals surface area (Å²) in [4.78, 5) is 15.0. The lowest BCUT2D eigenvalue weighted by Gasteiger charge is -2.38. The average Bonchev–Trinajstić information content (AvgIpc) is 2.86. The molecule has 2 saturated heterocycles. The summed E-state index contributed by atoms with van der Waals surface area (Å²) in [5.41, 5.74) is 0. The number of nitrogens with zero attached hydrogens (tertiary/aromatic N) is 1. The van der Waals surface area contributed by atoms with E-state index >= 15 is 0 Å². The third-order valence-electron chi connectivity index (χ3n) is 5.69. The van der Waals surface area contributed by atoms with Crippen molar-refractivity contribution < 1.29 is 4.79 Å². The van der Waals surface area contributed by atoms with Crippen molar-refractivity contribution in [2.24, 2.45) is 17.8 Å². The zero-order chi connectivity index (χ0) is 13.2. The standard InChI is InChI=1S/C16H28N2O.ClH/c1-12(14-10-17-11-14)16(19)18-9-5-8-15(18)13-6-3-2-4-7-13;/h12-15,17H,2-11H2,1H3;1H. The Morgan fingerprint density at radius 2 is 1.80 bits per heavy atom. The zero-order valence-corrected chi connectivity index (χ0v) is 13.5. The minimum Gasteiger partial charge on any atom is -0.339 e. The van der Waals surface area contributed by atoms with Gasteiger partial charge in [-0.15, -0.1) is 12.4 Å². The molecule has 20 heavy (non-hydrogen) atoms. The number of carbonyl (C=O) groups excluding carboxylic acids is 1. The molecule has 1 N–H and O–H groups in total. The van der Waals surface area contributed by atoms with Crippen LogP contribution in [0.5, 0.6) is 0 Å². The number of hydrogen-bond donors (Lipinski definition) is 1. The van der Waals surface area contributed by atoms with E-state index in [1.54, 1.807) is 0 Å². The van der Waals surface area contributed by atoms with E-state index in [9.17, 15) is 4.79 Å². The molecular weight excluding hydrogens is 272 g/mol. The minimum absolute atomic E-state index is 0. The Labute approximate surface area is 129 Å². The molecule has 0 aromatic heterocycles. The van der Waals surface area contributed by atoms with E-state index in [0.717, 1.165) is 25.6 Å². The summed E-state index contributed by atoms with van der Waals surface area (Å²) < 4.78 is 0. The maximum atomic E-state index is 12.7. The van der Waals surface area contributed by atoms with Crippen LogP contribution in [0.25, 0.3) is 0 Å². The van der Waals surface area contributed by atoms with E-state index in [1.165, 1.54) is 44.9 Å². The Morgan fingerprint density at radius 1 is 1.10 bits per heavy atom. The molecule has 0 spiro atoms. The van der Waals surface area contributed by atoms with Gasteiger partial charge in [0, 0.05) is 18.5 Å². The van der Waals surface area contributed by atoms with Crippen molar-refractivity contribution in [2.75, 3.05) is 19.6 Å². The Balaban J connectivity index is 0.00000147. The summed E-state index contributed by atoms with van der Waals surface area (Å²) in [5.74, 6) is 2.05. The third-order valence-corrected chi connectivity index (χ3v) is 5.69. The van der Waals surface area contributed by atoms with Crippen LogP contribution in [0.1, 0.15) is 51.9 Å². The van der Waals surface area contributed by atoms with Crippen LogP contribution >= 0.6 is 12.4 Å². The highest BCUT2D eigenvalue weighted by molar-refractivity contribution is 5.85. The molecule has 1 saturated carbocycles. The van der Waals surface area contributed by atoms with Crippen LogP contribution in [-0.4, -0.2) is 36.5 Å². The summed E-state index contributed by atoms with van der Waals surface area (Å²) in [7, 11) is 0. The molecule has 0 aromatic carbocycles. The first-order chi connectivity index (χ1) is 9.27. The van der Waals surface area contributed by atoms with Crippen LogP contribution in [0, 0.1) is 17.8 Å². The van der Waals surface area contributed by atoms with Gasteiger partial charge in [0.15, 0.2) is 0 Å². The van der Waals surface area contributed by atoms with Crippen LogP contribution in [0.15, 0.2) is 0 Å². The molecule has 1 aliphatic carbocycles. The second-order valence-corrected chi connectivity index (χ2v) is 6.85. The van der Waals surface area contributed by atoms with E-state index in [0.29, 0.717) is 17.9 Å². The lowest BCUT2D eigenvalue weighted by atomic mass is 9.82. The van der Waals surface area contributed by atoms with Crippen molar-refractivity contribution in [3.63, 3.8) is 0 Å². The predicted molar refractivity (Wildman–Crippen MR) is 84.1 cm³/mol. The lowest BCUT2D eigenvalue weighted by molar-refractivity contribution is -0.139. The first-order valence-corrected chi connectivity index (χ1v) is 8.28. The van der Waals surface area contributed by atoms with Gasteiger partial charge in [-0.1, -0.05) is 26.2 Å². The molecule has 3 fully saturated rings. The number of hydrogen-bond acceptors (Lipinski definition) is 2. The van der Waals surface area contributed by atoms with Crippen LogP contribution in [0.2, 0.25) is 0 Å². The SMILES string of the molecule is CC(C(=O)N1CCCC1C1CCCCC1)C1CNC1.Cl. The third kappa shape index (κ3) is 3.14. The number of nitrogens with one attached hydrogen (secondary N) is 1. The normalized spacial score (nSPS) is 29.6. The molecule has 1 amide bonds. The number of likely N-dealkylation sites (tertiary alicyclic amines) is 1. The predicted octanol–water partition coefficient (Wildman–Crippen LogP) is 2.84. The Kier molecular flexibility index (Phi) is 5.74. The molecular formula is C16H29ClN2O. The maximum absolute atomic E-state index is 12.7.